The zero-order valence-corrected chi connectivity index (χ0v) is 14.6. The zero-order valence-electron chi connectivity index (χ0n) is 13.0. The lowest BCUT2D eigenvalue weighted by molar-refractivity contribution is 0.211. The van der Waals surface area contributed by atoms with Gasteiger partial charge in [-0.2, -0.15) is 0 Å². The van der Waals surface area contributed by atoms with Crippen LogP contribution in [0.25, 0.3) is 0 Å². The van der Waals surface area contributed by atoms with Crippen molar-refractivity contribution >= 4 is 21.4 Å². The Morgan fingerprint density at radius 2 is 2.24 bits per heavy atom. The van der Waals surface area contributed by atoms with Gasteiger partial charge in [-0.05, 0) is 57.3 Å². The zero-order chi connectivity index (χ0) is 15.5. The number of hydrogen-bond acceptors (Lipinski definition) is 5. The van der Waals surface area contributed by atoms with E-state index in [1.807, 2.05) is 19.4 Å². The summed E-state index contributed by atoms with van der Waals surface area (Å²) in [5.41, 5.74) is 0.832. The molecule has 1 atom stereocenters. The van der Waals surface area contributed by atoms with E-state index in [4.69, 9.17) is 0 Å². The molecule has 1 aliphatic heterocycles. The Balaban J connectivity index is 2.06. The molecule has 120 valence electrons. The highest BCUT2D eigenvalue weighted by Crippen LogP contribution is 2.27. The number of thiophene rings is 1. The highest BCUT2D eigenvalue weighted by molar-refractivity contribution is 7.89. The molecule has 7 heteroatoms. The Morgan fingerprint density at radius 3 is 2.90 bits per heavy atom. The average Bonchev–Trinajstić information content (AvgIpc) is 2.79. The fourth-order valence-corrected chi connectivity index (χ4v) is 5.81. The minimum atomic E-state index is -3.42. The molecule has 2 rings (SSSR count). The van der Waals surface area contributed by atoms with Crippen molar-refractivity contribution in [3.63, 3.8) is 0 Å². The van der Waals surface area contributed by atoms with Crippen molar-refractivity contribution in [2.75, 3.05) is 33.7 Å². The predicted molar refractivity (Wildman–Crippen MR) is 87.2 cm³/mol. The first kappa shape index (κ1) is 16.9. The SMILES string of the molecule is CNCc1scc(C)c1S(=O)(=O)NCC1CCCN(C)C1. The number of nitrogens with one attached hydrogen (secondary N) is 2. The third kappa shape index (κ3) is 4.26. The monoisotopic (exact) mass is 331 g/mol. The Hall–Kier alpha value is -0.470. The highest BCUT2D eigenvalue weighted by Gasteiger charge is 2.25. The van der Waals surface area contributed by atoms with Gasteiger partial charge in [-0.3, -0.25) is 0 Å². The second-order valence-corrected chi connectivity index (χ2v) is 8.49. The molecule has 5 nitrogen and oxygen atoms in total. The Kier molecular flexibility index (Phi) is 5.79. The molecular formula is C14H25N3O2S2. The predicted octanol–water partition coefficient (Wildman–Crippen LogP) is 1.40. The number of rotatable bonds is 6. The molecule has 21 heavy (non-hydrogen) atoms. The van der Waals surface area contributed by atoms with Crippen LogP contribution in [0.4, 0.5) is 0 Å². The lowest BCUT2D eigenvalue weighted by Crippen LogP contribution is -2.39. The lowest BCUT2D eigenvalue weighted by atomic mass is 9.99. The molecule has 1 aromatic rings. The first-order valence-corrected chi connectivity index (χ1v) is 9.70. The van der Waals surface area contributed by atoms with E-state index in [1.165, 1.54) is 11.3 Å². The van der Waals surface area contributed by atoms with E-state index in [9.17, 15) is 8.42 Å². The quantitative estimate of drug-likeness (QED) is 0.827. The van der Waals surface area contributed by atoms with E-state index in [0.717, 1.165) is 36.4 Å². The minimum Gasteiger partial charge on any atom is -0.315 e. The van der Waals surface area contributed by atoms with E-state index < -0.39 is 10.0 Å². The third-order valence-corrected chi connectivity index (χ3v) is 6.77. The summed E-state index contributed by atoms with van der Waals surface area (Å²) < 4.78 is 28.0. The van der Waals surface area contributed by atoms with Crippen LogP contribution in [0.5, 0.6) is 0 Å². The first-order chi connectivity index (χ1) is 9.94. The van der Waals surface area contributed by atoms with Crippen LogP contribution in [0.15, 0.2) is 10.3 Å². The Bertz CT molecular complexity index is 569. The molecule has 1 unspecified atom stereocenters. The van der Waals surface area contributed by atoms with Crippen LogP contribution < -0.4 is 10.0 Å². The van der Waals surface area contributed by atoms with Gasteiger partial charge < -0.3 is 10.2 Å². The molecule has 0 bridgehead atoms. The molecule has 0 amide bonds. The highest BCUT2D eigenvalue weighted by atomic mass is 32.2. The molecule has 0 aliphatic carbocycles. The lowest BCUT2D eigenvalue weighted by Gasteiger charge is -2.29. The van der Waals surface area contributed by atoms with Gasteiger partial charge in [0.25, 0.3) is 0 Å². The number of aryl methyl sites for hydroxylation is 1. The van der Waals surface area contributed by atoms with Crippen molar-refractivity contribution in [2.24, 2.45) is 5.92 Å². The van der Waals surface area contributed by atoms with Crippen molar-refractivity contribution < 1.29 is 8.42 Å². The van der Waals surface area contributed by atoms with Crippen LogP contribution in [0.3, 0.4) is 0 Å². The van der Waals surface area contributed by atoms with E-state index in [1.54, 1.807) is 0 Å². The van der Waals surface area contributed by atoms with Crippen LogP contribution in [0.2, 0.25) is 0 Å². The van der Waals surface area contributed by atoms with Crippen molar-refractivity contribution in [3.05, 3.63) is 15.8 Å². The van der Waals surface area contributed by atoms with E-state index in [2.05, 4.69) is 22.0 Å². The van der Waals surface area contributed by atoms with Crippen molar-refractivity contribution in [1.82, 2.24) is 14.9 Å². The van der Waals surface area contributed by atoms with Gasteiger partial charge in [0.1, 0.15) is 4.90 Å². The molecular weight excluding hydrogens is 306 g/mol. The molecule has 0 radical (unpaired) electrons. The fraction of sp³-hybridized carbons (Fsp3) is 0.714. The molecule has 1 saturated heterocycles. The Morgan fingerprint density at radius 1 is 1.48 bits per heavy atom. The van der Waals surface area contributed by atoms with Gasteiger partial charge in [-0.1, -0.05) is 0 Å². The Labute approximate surface area is 131 Å². The van der Waals surface area contributed by atoms with Crippen molar-refractivity contribution in [1.29, 1.82) is 0 Å². The molecule has 1 aliphatic rings. The summed E-state index contributed by atoms with van der Waals surface area (Å²) in [6.07, 6.45) is 2.24. The molecule has 0 spiro atoms. The molecule has 0 saturated carbocycles. The first-order valence-electron chi connectivity index (χ1n) is 7.34. The number of nitrogens with zero attached hydrogens (tertiary/aromatic N) is 1. The van der Waals surface area contributed by atoms with Crippen LogP contribution >= 0.6 is 11.3 Å². The van der Waals surface area contributed by atoms with Crippen LogP contribution in [-0.4, -0.2) is 47.0 Å². The van der Waals surface area contributed by atoms with E-state index in [-0.39, 0.29) is 0 Å². The number of likely N-dealkylation sites (tertiary alicyclic amines) is 1. The summed E-state index contributed by atoms with van der Waals surface area (Å²) in [6, 6.07) is 0. The van der Waals surface area contributed by atoms with Gasteiger partial charge in [-0.15, -0.1) is 11.3 Å². The topological polar surface area (TPSA) is 61.4 Å². The average molecular weight is 332 g/mol. The summed E-state index contributed by atoms with van der Waals surface area (Å²) in [5.74, 6) is 0.408. The van der Waals surface area contributed by atoms with Gasteiger partial charge in [-0.25, -0.2) is 13.1 Å². The summed E-state index contributed by atoms with van der Waals surface area (Å²) in [5, 5.41) is 4.94. The third-order valence-electron chi connectivity index (χ3n) is 3.88. The summed E-state index contributed by atoms with van der Waals surface area (Å²) in [7, 11) is 0.507. The standard InChI is InChI=1S/C14H25N3O2S2/c1-11-10-20-13(8-15-2)14(11)21(18,19)16-7-12-5-4-6-17(3)9-12/h10,12,15-16H,4-9H2,1-3H3. The summed E-state index contributed by atoms with van der Waals surface area (Å²) >= 11 is 1.50. The second-order valence-electron chi connectivity index (χ2n) is 5.82. The second kappa shape index (κ2) is 7.19. The van der Waals surface area contributed by atoms with E-state index in [0.29, 0.717) is 23.9 Å². The van der Waals surface area contributed by atoms with Crippen LogP contribution in [0.1, 0.15) is 23.3 Å². The normalized spacial score (nSPS) is 20.8. The molecule has 2 N–H and O–H groups in total. The maximum absolute atomic E-state index is 12.6. The maximum atomic E-state index is 12.6. The van der Waals surface area contributed by atoms with Crippen molar-refractivity contribution in [3.8, 4) is 0 Å². The van der Waals surface area contributed by atoms with Crippen LogP contribution in [-0.2, 0) is 16.6 Å². The molecule has 1 fully saturated rings. The van der Waals surface area contributed by atoms with Crippen LogP contribution in [0, 0.1) is 12.8 Å². The smallest absolute Gasteiger partial charge is 0.241 e. The number of piperidine rings is 1. The number of hydrogen-bond donors (Lipinski definition) is 2. The molecule has 0 aromatic carbocycles. The summed E-state index contributed by atoms with van der Waals surface area (Å²) in [4.78, 5) is 3.61. The molecule has 1 aromatic heterocycles. The largest absolute Gasteiger partial charge is 0.315 e. The van der Waals surface area contributed by atoms with Gasteiger partial charge in [0, 0.05) is 24.5 Å². The fourth-order valence-electron chi connectivity index (χ4n) is 2.87. The van der Waals surface area contributed by atoms with Gasteiger partial charge in [0.05, 0.1) is 0 Å². The van der Waals surface area contributed by atoms with E-state index >= 15 is 0 Å². The summed E-state index contributed by atoms with van der Waals surface area (Å²) in [6.45, 7) is 5.05. The van der Waals surface area contributed by atoms with Gasteiger partial charge >= 0.3 is 0 Å². The minimum absolute atomic E-state index is 0.408. The van der Waals surface area contributed by atoms with Gasteiger partial charge in [0.15, 0.2) is 0 Å². The molecule has 2 heterocycles. The number of sulfonamides is 1. The maximum Gasteiger partial charge on any atom is 0.241 e. The van der Waals surface area contributed by atoms with Gasteiger partial charge in [0.2, 0.25) is 10.0 Å². The van der Waals surface area contributed by atoms with Crippen molar-refractivity contribution in [2.45, 2.75) is 31.2 Å².